The van der Waals surface area contributed by atoms with E-state index in [0.717, 1.165) is 18.8 Å². The number of hydrogen-bond donors (Lipinski definition) is 1. The number of nitrogens with zero attached hydrogens (tertiary/aromatic N) is 1. The molecule has 1 aliphatic heterocycles. The summed E-state index contributed by atoms with van der Waals surface area (Å²) >= 11 is 0. The van der Waals surface area contributed by atoms with Gasteiger partial charge in [-0.25, -0.2) is 0 Å². The summed E-state index contributed by atoms with van der Waals surface area (Å²) in [6.07, 6.45) is 1.17. The van der Waals surface area contributed by atoms with Crippen molar-refractivity contribution in [2.75, 3.05) is 33.4 Å². The third kappa shape index (κ3) is 3.45. The first-order chi connectivity index (χ1) is 8.29. The Balaban J connectivity index is 1.84. The second kappa shape index (κ2) is 6.03. The normalized spacial score (nSPS) is 22.6. The van der Waals surface area contributed by atoms with Crippen molar-refractivity contribution in [1.29, 1.82) is 0 Å². The Labute approximate surface area is 103 Å². The number of rotatable bonds is 5. The van der Waals surface area contributed by atoms with Crippen LogP contribution in [0.15, 0.2) is 30.3 Å². The Kier molecular flexibility index (Phi) is 4.40. The van der Waals surface area contributed by atoms with E-state index in [0.29, 0.717) is 12.5 Å². The molecule has 1 aromatic rings. The molecule has 1 N–H and O–H groups in total. The zero-order valence-electron chi connectivity index (χ0n) is 10.4. The van der Waals surface area contributed by atoms with E-state index in [9.17, 15) is 5.11 Å². The van der Waals surface area contributed by atoms with Crippen LogP contribution >= 0.6 is 0 Å². The molecule has 0 bridgehead atoms. The molecular weight excluding hydrogens is 214 g/mol. The molecule has 1 aromatic carbocycles. The van der Waals surface area contributed by atoms with Gasteiger partial charge >= 0.3 is 0 Å². The monoisotopic (exact) mass is 235 g/mol. The standard InChI is InChI=1S/C14H21NO2/c1-15-8-7-12(9-15)13(10-16)11-17-14-5-3-2-4-6-14/h2-6,12-13,16H,7-11H2,1H3. The quantitative estimate of drug-likeness (QED) is 0.842. The minimum Gasteiger partial charge on any atom is -0.493 e. The highest BCUT2D eigenvalue weighted by atomic mass is 16.5. The van der Waals surface area contributed by atoms with Crippen molar-refractivity contribution in [2.24, 2.45) is 11.8 Å². The number of aliphatic hydroxyl groups excluding tert-OH is 1. The van der Waals surface area contributed by atoms with Crippen LogP contribution in [-0.2, 0) is 0 Å². The summed E-state index contributed by atoms with van der Waals surface area (Å²) in [5, 5.41) is 9.45. The summed E-state index contributed by atoms with van der Waals surface area (Å²) in [7, 11) is 2.13. The van der Waals surface area contributed by atoms with Crippen LogP contribution in [-0.4, -0.2) is 43.4 Å². The molecule has 2 unspecified atom stereocenters. The zero-order chi connectivity index (χ0) is 12.1. The van der Waals surface area contributed by atoms with Gasteiger partial charge in [0, 0.05) is 19.1 Å². The van der Waals surface area contributed by atoms with Crippen molar-refractivity contribution in [3.63, 3.8) is 0 Å². The molecule has 1 saturated heterocycles. The number of benzene rings is 1. The van der Waals surface area contributed by atoms with Gasteiger partial charge in [-0.05, 0) is 38.1 Å². The fourth-order valence-electron chi connectivity index (χ4n) is 2.41. The molecule has 2 atom stereocenters. The van der Waals surface area contributed by atoms with Crippen molar-refractivity contribution >= 4 is 0 Å². The molecule has 0 saturated carbocycles. The van der Waals surface area contributed by atoms with E-state index in [4.69, 9.17) is 4.74 Å². The number of likely N-dealkylation sites (tertiary alicyclic amines) is 1. The number of hydrogen-bond acceptors (Lipinski definition) is 3. The molecule has 2 rings (SSSR count). The smallest absolute Gasteiger partial charge is 0.119 e. The Hall–Kier alpha value is -1.06. The first-order valence-electron chi connectivity index (χ1n) is 6.27. The molecule has 3 nitrogen and oxygen atoms in total. The molecule has 1 aliphatic rings. The van der Waals surface area contributed by atoms with Crippen molar-refractivity contribution in [2.45, 2.75) is 6.42 Å². The van der Waals surface area contributed by atoms with Gasteiger partial charge in [-0.15, -0.1) is 0 Å². The SMILES string of the molecule is CN1CCC(C(CO)COc2ccccc2)C1. The first kappa shape index (κ1) is 12.4. The molecule has 0 radical (unpaired) electrons. The van der Waals surface area contributed by atoms with Crippen molar-refractivity contribution in [3.05, 3.63) is 30.3 Å². The van der Waals surface area contributed by atoms with Gasteiger partial charge in [-0.1, -0.05) is 18.2 Å². The lowest BCUT2D eigenvalue weighted by Gasteiger charge is -2.21. The topological polar surface area (TPSA) is 32.7 Å². The minimum absolute atomic E-state index is 0.214. The van der Waals surface area contributed by atoms with Gasteiger partial charge in [0.15, 0.2) is 0 Å². The second-order valence-electron chi connectivity index (χ2n) is 4.88. The van der Waals surface area contributed by atoms with Gasteiger partial charge in [-0.2, -0.15) is 0 Å². The Morgan fingerprint density at radius 2 is 2.18 bits per heavy atom. The molecule has 94 valence electrons. The van der Waals surface area contributed by atoms with Gasteiger partial charge in [0.05, 0.1) is 6.61 Å². The van der Waals surface area contributed by atoms with Gasteiger partial charge in [0.2, 0.25) is 0 Å². The third-order valence-electron chi connectivity index (χ3n) is 3.54. The largest absolute Gasteiger partial charge is 0.493 e. The maximum atomic E-state index is 9.45. The van der Waals surface area contributed by atoms with Gasteiger partial charge in [0.1, 0.15) is 5.75 Å². The first-order valence-corrected chi connectivity index (χ1v) is 6.27. The second-order valence-corrected chi connectivity index (χ2v) is 4.88. The van der Waals surface area contributed by atoms with Gasteiger partial charge < -0.3 is 14.7 Å². The van der Waals surface area contributed by atoms with E-state index in [1.165, 1.54) is 6.42 Å². The van der Waals surface area contributed by atoms with E-state index in [2.05, 4.69) is 11.9 Å². The highest BCUT2D eigenvalue weighted by Gasteiger charge is 2.27. The number of aliphatic hydroxyl groups is 1. The number of para-hydroxylation sites is 1. The highest BCUT2D eigenvalue weighted by molar-refractivity contribution is 5.20. The Morgan fingerprint density at radius 3 is 2.76 bits per heavy atom. The fourth-order valence-corrected chi connectivity index (χ4v) is 2.41. The molecule has 0 aliphatic carbocycles. The predicted octanol–water partition coefficient (Wildman–Crippen LogP) is 1.63. The molecule has 0 spiro atoms. The maximum Gasteiger partial charge on any atom is 0.119 e. The summed E-state index contributed by atoms with van der Waals surface area (Å²) in [6, 6.07) is 9.81. The van der Waals surface area contributed by atoms with Crippen molar-refractivity contribution < 1.29 is 9.84 Å². The summed E-state index contributed by atoms with van der Waals surface area (Å²) in [5.74, 6) is 1.70. The average Bonchev–Trinajstić information content (AvgIpc) is 2.78. The fraction of sp³-hybridized carbons (Fsp3) is 0.571. The van der Waals surface area contributed by atoms with E-state index in [-0.39, 0.29) is 12.5 Å². The molecule has 17 heavy (non-hydrogen) atoms. The van der Waals surface area contributed by atoms with Crippen molar-refractivity contribution in [1.82, 2.24) is 4.90 Å². The lowest BCUT2D eigenvalue weighted by Crippen LogP contribution is -2.27. The van der Waals surface area contributed by atoms with Crippen LogP contribution < -0.4 is 4.74 Å². The minimum atomic E-state index is 0.214. The Bertz CT molecular complexity index is 328. The Morgan fingerprint density at radius 1 is 1.41 bits per heavy atom. The van der Waals surface area contributed by atoms with Crippen LogP contribution in [0.25, 0.3) is 0 Å². The number of ether oxygens (including phenoxy) is 1. The van der Waals surface area contributed by atoms with E-state index in [1.807, 2.05) is 30.3 Å². The summed E-state index contributed by atoms with van der Waals surface area (Å²) in [6.45, 7) is 3.03. The van der Waals surface area contributed by atoms with E-state index in [1.54, 1.807) is 0 Å². The third-order valence-corrected chi connectivity index (χ3v) is 3.54. The van der Waals surface area contributed by atoms with Crippen LogP contribution in [0, 0.1) is 11.8 Å². The molecular formula is C14H21NO2. The molecule has 3 heteroatoms. The van der Waals surface area contributed by atoms with Crippen LogP contribution in [0.4, 0.5) is 0 Å². The average molecular weight is 235 g/mol. The van der Waals surface area contributed by atoms with Crippen LogP contribution in [0.1, 0.15) is 6.42 Å². The molecule has 0 amide bonds. The molecule has 0 aromatic heterocycles. The lowest BCUT2D eigenvalue weighted by atomic mass is 9.93. The van der Waals surface area contributed by atoms with Crippen LogP contribution in [0.3, 0.4) is 0 Å². The van der Waals surface area contributed by atoms with Crippen LogP contribution in [0.5, 0.6) is 5.75 Å². The highest BCUT2D eigenvalue weighted by Crippen LogP contribution is 2.24. The molecule has 1 fully saturated rings. The zero-order valence-corrected chi connectivity index (χ0v) is 10.4. The van der Waals surface area contributed by atoms with Crippen LogP contribution in [0.2, 0.25) is 0 Å². The summed E-state index contributed by atoms with van der Waals surface area (Å²) in [4.78, 5) is 2.32. The maximum absolute atomic E-state index is 9.45. The molecule has 1 heterocycles. The summed E-state index contributed by atoms with van der Waals surface area (Å²) < 4.78 is 5.73. The summed E-state index contributed by atoms with van der Waals surface area (Å²) in [5.41, 5.74) is 0. The van der Waals surface area contributed by atoms with Gasteiger partial charge in [-0.3, -0.25) is 0 Å². The van der Waals surface area contributed by atoms with Crippen molar-refractivity contribution in [3.8, 4) is 5.75 Å². The van der Waals surface area contributed by atoms with Gasteiger partial charge in [0.25, 0.3) is 0 Å². The lowest BCUT2D eigenvalue weighted by molar-refractivity contribution is 0.120. The van der Waals surface area contributed by atoms with E-state index >= 15 is 0 Å². The predicted molar refractivity (Wildman–Crippen MR) is 68.1 cm³/mol. The van der Waals surface area contributed by atoms with E-state index < -0.39 is 0 Å².